The summed E-state index contributed by atoms with van der Waals surface area (Å²) in [4.78, 5) is 14.5. The number of aromatic amines is 1. The number of nitrogens with two attached hydrogens (primary N) is 1. The number of carboxylic acid groups (broad SMARTS) is 1. The molecule has 0 aliphatic carbocycles. The van der Waals surface area contributed by atoms with E-state index in [1.54, 1.807) is 0 Å². The molecule has 0 atom stereocenters. The minimum Gasteiger partial charge on any atom is -0.478 e. The van der Waals surface area contributed by atoms with E-state index >= 15 is 0 Å². The van der Waals surface area contributed by atoms with E-state index in [0.717, 1.165) is 0 Å². The highest BCUT2D eigenvalue weighted by Crippen LogP contribution is 2.20. The Morgan fingerprint density at radius 3 is 3.06 bits per heavy atom. The Hall–Kier alpha value is -1.96. The second kappa shape index (κ2) is 4.27. The number of H-pyrrole nitrogens is 1. The van der Waals surface area contributed by atoms with Crippen molar-refractivity contribution in [2.75, 3.05) is 5.73 Å². The third-order valence-electron chi connectivity index (χ3n) is 1.73. The van der Waals surface area contributed by atoms with E-state index in [-0.39, 0.29) is 11.5 Å². The molecule has 0 aromatic carbocycles. The first kappa shape index (κ1) is 10.6. The molecule has 4 N–H and O–H groups in total. The molecule has 2 heterocycles. The van der Waals surface area contributed by atoms with Crippen molar-refractivity contribution in [1.82, 2.24) is 15.2 Å². The van der Waals surface area contributed by atoms with Crippen LogP contribution in [0.2, 0.25) is 0 Å². The fourth-order valence-electron chi connectivity index (χ4n) is 1.03. The predicted molar refractivity (Wildman–Crippen MR) is 56.0 cm³/mol. The van der Waals surface area contributed by atoms with Gasteiger partial charge in [-0.1, -0.05) is 11.8 Å². The van der Waals surface area contributed by atoms with Crippen molar-refractivity contribution < 1.29 is 14.3 Å². The van der Waals surface area contributed by atoms with Gasteiger partial charge in [-0.2, -0.15) is 4.98 Å². The molecular formula is C8H8N4O3S. The summed E-state index contributed by atoms with van der Waals surface area (Å²) in [5.41, 5.74) is 5.48. The molecule has 0 fully saturated rings. The van der Waals surface area contributed by atoms with Crippen LogP contribution < -0.4 is 5.73 Å². The van der Waals surface area contributed by atoms with Crippen LogP contribution in [-0.2, 0) is 5.75 Å². The van der Waals surface area contributed by atoms with Crippen LogP contribution in [-0.4, -0.2) is 26.3 Å². The first-order valence-corrected chi connectivity index (χ1v) is 5.25. The molecule has 0 spiro atoms. The lowest BCUT2D eigenvalue weighted by Gasteiger charge is -1.90. The topological polar surface area (TPSA) is 118 Å². The smallest absolute Gasteiger partial charge is 0.338 e. The summed E-state index contributed by atoms with van der Waals surface area (Å²) in [5.74, 6) is 0.228. The van der Waals surface area contributed by atoms with Gasteiger partial charge in [0.1, 0.15) is 12.0 Å². The monoisotopic (exact) mass is 240 g/mol. The van der Waals surface area contributed by atoms with Gasteiger partial charge in [0.25, 0.3) is 0 Å². The molecule has 0 radical (unpaired) electrons. The molecule has 0 saturated heterocycles. The average molecular weight is 240 g/mol. The molecule has 84 valence electrons. The number of aromatic nitrogens is 3. The number of nitrogens with zero attached hydrogens (tertiary/aromatic N) is 2. The SMILES string of the molecule is Nc1nc(SCc2cc(C(=O)O)co2)n[nH]1. The average Bonchev–Trinajstić information content (AvgIpc) is 2.83. The van der Waals surface area contributed by atoms with Gasteiger partial charge in [-0.15, -0.1) is 5.10 Å². The second-order valence-corrected chi connectivity index (χ2v) is 3.84. The quantitative estimate of drug-likeness (QED) is 0.681. The highest BCUT2D eigenvalue weighted by atomic mass is 32.2. The van der Waals surface area contributed by atoms with Crippen molar-refractivity contribution in [3.05, 3.63) is 23.7 Å². The number of aromatic carboxylic acids is 1. The minimum atomic E-state index is -1.01. The van der Waals surface area contributed by atoms with Crippen molar-refractivity contribution in [3.8, 4) is 0 Å². The number of carboxylic acids is 1. The first-order chi connectivity index (χ1) is 7.65. The van der Waals surface area contributed by atoms with Gasteiger partial charge in [0.15, 0.2) is 0 Å². The maximum Gasteiger partial charge on any atom is 0.338 e. The normalized spacial score (nSPS) is 10.5. The Labute approximate surface area is 94.0 Å². The van der Waals surface area contributed by atoms with E-state index in [4.69, 9.17) is 15.3 Å². The van der Waals surface area contributed by atoms with Crippen molar-refractivity contribution in [2.45, 2.75) is 10.9 Å². The van der Waals surface area contributed by atoms with Crippen molar-refractivity contribution in [2.24, 2.45) is 0 Å². The molecule has 0 saturated carbocycles. The Morgan fingerprint density at radius 2 is 2.50 bits per heavy atom. The number of nitrogen functional groups attached to an aromatic ring is 1. The Bertz CT molecular complexity index is 507. The van der Waals surface area contributed by atoms with Crippen LogP contribution in [0.3, 0.4) is 0 Å². The highest BCUT2D eigenvalue weighted by molar-refractivity contribution is 7.98. The first-order valence-electron chi connectivity index (χ1n) is 4.26. The van der Waals surface area contributed by atoms with E-state index in [9.17, 15) is 4.79 Å². The molecule has 2 aromatic rings. The third-order valence-corrected chi connectivity index (χ3v) is 2.60. The van der Waals surface area contributed by atoms with Crippen molar-refractivity contribution in [1.29, 1.82) is 0 Å². The van der Waals surface area contributed by atoms with Crippen molar-refractivity contribution >= 4 is 23.7 Å². The summed E-state index contributed by atoms with van der Waals surface area (Å²) >= 11 is 1.30. The van der Waals surface area contributed by atoms with Crippen LogP contribution in [0.25, 0.3) is 0 Å². The van der Waals surface area contributed by atoms with Gasteiger partial charge in [0, 0.05) is 0 Å². The zero-order chi connectivity index (χ0) is 11.5. The van der Waals surface area contributed by atoms with Gasteiger partial charge in [0.05, 0.1) is 11.3 Å². The maximum absolute atomic E-state index is 10.6. The molecule has 7 nitrogen and oxygen atoms in total. The van der Waals surface area contributed by atoms with E-state index in [0.29, 0.717) is 16.7 Å². The van der Waals surface area contributed by atoms with E-state index in [1.807, 2.05) is 0 Å². The lowest BCUT2D eigenvalue weighted by molar-refractivity contribution is 0.0696. The highest BCUT2D eigenvalue weighted by Gasteiger charge is 2.09. The third kappa shape index (κ3) is 2.34. The van der Waals surface area contributed by atoms with E-state index < -0.39 is 5.97 Å². The lowest BCUT2D eigenvalue weighted by Crippen LogP contribution is -1.91. The van der Waals surface area contributed by atoms with Crippen LogP contribution in [0.4, 0.5) is 5.95 Å². The van der Waals surface area contributed by atoms with Gasteiger partial charge < -0.3 is 15.3 Å². The number of anilines is 1. The van der Waals surface area contributed by atoms with Crippen molar-refractivity contribution in [3.63, 3.8) is 0 Å². The molecule has 0 bridgehead atoms. The number of hydrogen-bond donors (Lipinski definition) is 3. The molecule has 0 amide bonds. The van der Waals surface area contributed by atoms with Crippen LogP contribution in [0, 0.1) is 0 Å². The van der Waals surface area contributed by atoms with Crippen LogP contribution in [0.5, 0.6) is 0 Å². The maximum atomic E-state index is 10.6. The predicted octanol–water partition coefficient (Wildman–Crippen LogP) is 0.970. The number of hydrogen-bond acceptors (Lipinski definition) is 6. The van der Waals surface area contributed by atoms with Gasteiger partial charge in [-0.25, -0.2) is 9.89 Å². The number of furan rings is 1. The Balaban J connectivity index is 1.97. The summed E-state index contributed by atoms with van der Waals surface area (Å²) in [5, 5.41) is 15.5. The van der Waals surface area contributed by atoms with Crippen LogP contribution >= 0.6 is 11.8 Å². The summed E-state index contributed by atoms with van der Waals surface area (Å²) in [7, 11) is 0. The molecule has 2 rings (SSSR count). The fraction of sp³-hybridized carbons (Fsp3) is 0.125. The number of thioether (sulfide) groups is 1. The minimum absolute atomic E-state index is 0.130. The van der Waals surface area contributed by atoms with Gasteiger partial charge in [-0.3, -0.25) is 0 Å². The standard InChI is InChI=1S/C8H8N4O3S/c9-7-10-8(12-11-7)16-3-5-1-4(2-15-5)6(13)14/h1-2H,3H2,(H,13,14)(H3,9,10,11,12). The van der Waals surface area contributed by atoms with Crippen LogP contribution in [0.15, 0.2) is 21.9 Å². The lowest BCUT2D eigenvalue weighted by atomic mass is 10.3. The fourth-order valence-corrected chi connectivity index (χ4v) is 1.72. The van der Waals surface area contributed by atoms with Gasteiger partial charge in [0.2, 0.25) is 11.1 Å². The summed E-state index contributed by atoms with van der Waals surface area (Å²) < 4.78 is 5.06. The van der Waals surface area contributed by atoms with E-state index in [1.165, 1.54) is 24.1 Å². The Kier molecular flexibility index (Phi) is 2.82. The summed E-state index contributed by atoms with van der Waals surface area (Å²) in [6.45, 7) is 0. The molecule has 8 heteroatoms. The van der Waals surface area contributed by atoms with E-state index in [2.05, 4.69) is 15.2 Å². The number of carbonyl (C=O) groups is 1. The molecule has 0 aliphatic heterocycles. The summed E-state index contributed by atoms with van der Waals surface area (Å²) in [6, 6.07) is 1.46. The van der Waals surface area contributed by atoms with Gasteiger partial charge >= 0.3 is 5.97 Å². The zero-order valence-electron chi connectivity index (χ0n) is 8.01. The molecule has 2 aromatic heterocycles. The molecule has 0 unspecified atom stereocenters. The van der Waals surface area contributed by atoms with Crippen LogP contribution in [0.1, 0.15) is 16.1 Å². The number of nitrogens with one attached hydrogen (secondary N) is 1. The largest absolute Gasteiger partial charge is 0.478 e. The molecule has 16 heavy (non-hydrogen) atoms. The second-order valence-electron chi connectivity index (χ2n) is 2.90. The zero-order valence-corrected chi connectivity index (χ0v) is 8.82. The molecular weight excluding hydrogens is 232 g/mol. The summed E-state index contributed by atoms with van der Waals surface area (Å²) in [6.07, 6.45) is 1.20. The Morgan fingerprint density at radius 1 is 1.69 bits per heavy atom. The molecule has 0 aliphatic rings. The number of rotatable bonds is 4. The van der Waals surface area contributed by atoms with Gasteiger partial charge in [-0.05, 0) is 6.07 Å².